The van der Waals surface area contributed by atoms with E-state index >= 15 is 0 Å². The van der Waals surface area contributed by atoms with Crippen molar-refractivity contribution in [3.63, 3.8) is 0 Å². The molecule has 0 saturated carbocycles. The maximum absolute atomic E-state index is 12.2. The van der Waals surface area contributed by atoms with Crippen LogP contribution in [0.2, 0.25) is 0 Å². The molecule has 4 nitrogen and oxygen atoms in total. The molecule has 0 aromatic heterocycles. The summed E-state index contributed by atoms with van der Waals surface area (Å²) in [5.41, 5.74) is 1.30. The molecule has 4 heteroatoms. The summed E-state index contributed by atoms with van der Waals surface area (Å²) >= 11 is 0. The Labute approximate surface area is 134 Å². The summed E-state index contributed by atoms with van der Waals surface area (Å²) < 4.78 is 5.47. The van der Waals surface area contributed by atoms with Gasteiger partial charge in [0.05, 0.1) is 6.61 Å². The van der Waals surface area contributed by atoms with Crippen molar-refractivity contribution in [1.82, 2.24) is 9.80 Å². The lowest BCUT2D eigenvalue weighted by Gasteiger charge is -2.36. The van der Waals surface area contributed by atoms with Gasteiger partial charge in [0, 0.05) is 38.6 Å². The van der Waals surface area contributed by atoms with E-state index in [0.29, 0.717) is 12.5 Å². The Hall–Kier alpha value is -1.55. The summed E-state index contributed by atoms with van der Waals surface area (Å²) in [5.74, 6) is 1.39. The van der Waals surface area contributed by atoms with E-state index in [0.717, 1.165) is 44.9 Å². The van der Waals surface area contributed by atoms with Gasteiger partial charge in [-0.3, -0.25) is 9.69 Å². The van der Waals surface area contributed by atoms with Crippen LogP contribution in [0.3, 0.4) is 0 Å². The van der Waals surface area contributed by atoms with Gasteiger partial charge in [-0.15, -0.1) is 0 Å². The molecule has 1 amide bonds. The molecule has 1 fully saturated rings. The van der Waals surface area contributed by atoms with Gasteiger partial charge in [-0.2, -0.15) is 0 Å². The maximum atomic E-state index is 12.2. The van der Waals surface area contributed by atoms with Gasteiger partial charge < -0.3 is 9.64 Å². The zero-order valence-corrected chi connectivity index (χ0v) is 14.0. The first-order valence-corrected chi connectivity index (χ1v) is 8.37. The van der Waals surface area contributed by atoms with Crippen molar-refractivity contribution >= 4 is 5.91 Å². The van der Waals surface area contributed by atoms with Crippen molar-refractivity contribution in [2.45, 2.75) is 33.7 Å². The highest BCUT2D eigenvalue weighted by Gasteiger charge is 2.23. The summed E-state index contributed by atoms with van der Waals surface area (Å²) in [6.45, 7) is 11.3. The summed E-state index contributed by atoms with van der Waals surface area (Å²) in [7, 11) is 0. The van der Waals surface area contributed by atoms with Crippen LogP contribution >= 0.6 is 0 Å². The first-order chi connectivity index (χ1) is 10.6. The third-order valence-corrected chi connectivity index (χ3v) is 4.36. The molecule has 1 heterocycles. The topological polar surface area (TPSA) is 32.8 Å². The van der Waals surface area contributed by atoms with Gasteiger partial charge in [0.25, 0.3) is 0 Å². The van der Waals surface area contributed by atoms with Crippen molar-refractivity contribution in [2.24, 2.45) is 5.92 Å². The Morgan fingerprint density at radius 2 is 1.77 bits per heavy atom. The first kappa shape index (κ1) is 16.8. The number of amides is 1. The highest BCUT2D eigenvalue weighted by atomic mass is 16.5. The number of nitrogens with zero attached hydrogens (tertiary/aromatic N) is 2. The van der Waals surface area contributed by atoms with Crippen LogP contribution < -0.4 is 4.74 Å². The van der Waals surface area contributed by atoms with Crippen molar-refractivity contribution in [3.05, 3.63) is 29.8 Å². The third kappa shape index (κ3) is 4.47. The molecule has 2 rings (SSSR count). The molecule has 1 aliphatic heterocycles. The van der Waals surface area contributed by atoms with Crippen molar-refractivity contribution in [1.29, 1.82) is 0 Å². The average Bonchev–Trinajstić information content (AvgIpc) is 2.56. The van der Waals surface area contributed by atoms with Gasteiger partial charge >= 0.3 is 0 Å². The predicted octanol–water partition coefficient (Wildman–Crippen LogP) is 2.78. The van der Waals surface area contributed by atoms with Gasteiger partial charge in [0.2, 0.25) is 5.91 Å². The summed E-state index contributed by atoms with van der Waals surface area (Å²) in [4.78, 5) is 16.6. The smallest absolute Gasteiger partial charge is 0.225 e. The first-order valence-electron chi connectivity index (χ1n) is 8.37. The van der Waals surface area contributed by atoms with Crippen LogP contribution in [0.1, 0.15) is 32.8 Å². The van der Waals surface area contributed by atoms with Crippen molar-refractivity contribution in [3.8, 4) is 5.75 Å². The largest absolute Gasteiger partial charge is 0.494 e. The lowest BCUT2D eigenvalue weighted by atomic mass is 10.1. The van der Waals surface area contributed by atoms with E-state index in [-0.39, 0.29) is 5.92 Å². The van der Waals surface area contributed by atoms with Gasteiger partial charge in [-0.25, -0.2) is 0 Å². The molecular weight excluding hydrogens is 276 g/mol. The Kier molecular flexibility index (Phi) is 6.25. The fourth-order valence-corrected chi connectivity index (χ4v) is 2.73. The zero-order valence-electron chi connectivity index (χ0n) is 14.0. The second kappa shape index (κ2) is 8.18. The maximum Gasteiger partial charge on any atom is 0.225 e. The van der Waals surface area contributed by atoms with E-state index in [1.807, 2.05) is 30.9 Å². The molecule has 0 radical (unpaired) electrons. The van der Waals surface area contributed by atoms with Crippen LogP contribution in [0, 0.1) is 5.92 Å². The quantitative estimate of drug-likeness (QED) is 0.810. The number of benzene rings is 1. The lowest BCUT2D eigenvalue weighted by molar-refractivity contribution is -0.136. The molecule has 0 N–H and O–H groups in total. The van der Waals surface area contributed by atoms with Crippen LogP contribution in [0.15, 0.2) is 24.3 Å². The lowest BCUT2D eigenvalue weighted by Crippen LogP contribution is -2.49. The van der Waals surface area contributed by atoms with Crippen molar-refractivity contribution in [2.75, 3.05) is 32.8 Å². The molecule has 1 aromatic carbocycles. The third-order valence-electron chi connectivity index (χ3n) is 4.36. The molecule has 1 aromatic rings. The summed E-state index contributed by atoms with van der Waals surface area (Å²) in [5, 5.41) is 0. The van der Waals surface area contributed by atoms with E-state index in [2.05, 4.69) is 24.0 Å². The van der Waals surface area contributed by atoms with E-state index in [1.165, 1.54) is 5.56 Å². The monoisotopic (exact) mass is 304 g/mol. The second-order valence-electron chi connectivity index (χ2n) is 5.99. The molecule has 22 heavy (non-hydrogen) atoms. The van der Waals surface area contributed by atoms with Crippen LogP contribution in [0.25, 0.3) is 0 Å². The van der Waals surface area contributed by atoms with Gasteiger partial charge in [-0.1, -0.05) is 26.0 Å². The molecule has 0 aliphatic carbocycles. The SMILES string of the molecule is CCOc1ccc(CN2CCN(C(=O)C(C)CC)CC2)cc1. The summed E-state index contributed by atoms with van der Waals surface area (Å²) in [6, 6.07) is 8.31. The van der Waals surface area contributed by atoms with E-state index in [1.54, 1.807) is 0 Å². The Morgan fingerprint density at radius 3 is 2.32 bits per heavy atom. The number of carbonyl (C=O) groups is 1. The molecule has 1 atom stereocenters. The van der Waals surface area contributed by atoms with Crippen LogP contribution in [-0.4, -0.2) is 48.5 Å². The van der Waals surface area contributed by atoms with Crippen LogP contribution in [0.5, 0.6) is 5.75 Å². The van der Waals surface area contributed by atoms with Gasteiger partial charge in [0.15, 0.2) is 0 Å². The minimum absolute atomic E-state index is 0.151. The second-order valence-corrected chi connectivity index (χ2v) is 5.99. The normalized spacial score (nSPS) is 17.3. The molecule has 0 spiro atoms. The molecule has 1 aliphatic rings. The molecule has 122 valence electrons. The number of hydrogen-bond acceptors (Lipinski definition) is 3. The fraction of sp³-hybridized carbons (Fsp3) is 0.611. The molecule has 1 saturated heterocycles. The highest BCUT2D eigenvalue weighted by molar-refractivity contribution is 5.78. The Bertz CT molecular complexity index is 464. The molecule has 0 bridgehead atoms. The number of ether oxygens (including phenoxy) is 1. The average molecular weight is 304 g/mol. The van der Waals surface area contributed by atoms with Gasteiger partial charge in [0.1, 0.15) is 5.75 Å². The summed E-state index contributed by atoms with van der Waals surface area (Å²) in [6.07, 6.45) is 0.922. The Balaban J connectivity index is 1.81. The minimum Gasteiger partial charge on any atom is -0.494 e. The Morgan fingerprint density at radius 1 is 1.14 bits per heavy atom. The minimum atomic E-state index is 0.151. The zero-order chi connectivity index (χ0) is 15.9. The number of hydrogen-bond donors (Lipinski definition) is 0. The van der Waals surface area contributed by atoms with Crippen molar-refractivity contribution < 1.29 is 9.53 Å². The highest BCUT2D eigenvalue weighted by Crippen LogP contribution is 2.15. The molecular formula is C18H28N2O2. The number of rotatable bonds is 6. The fourth-order valence-electron chi connectivity index (χ4n) is 2.73. The van der Waals surface area contributed by atoms with E-state index < -0.39 is 0 Å². The predicted molar refractivity (Wildman–Crippen MR) is 88.9 cm³/mol. The van der Waals surface area contributed by atoms with Crippen LogP contribution in [-0.2, 0) is 11.3 Å². The van der Waals surface area contributed by atoms with E-state index in [9.17, 15) is 4.79 Å². The standard InChI is InChI=1S/C18H28N2O2/c1-4-15(3)18(21)20-12-10-19(11-13-20)14-16-6-8-17(9-7-16)22-5-2/h6-9,15H,4-5,10-14H2,1-3H3. The van der Waals surface area contributed by atoms with Crippen LogP contribution in [0.4, 0.5) is 0 Å². The van der Waals surface area contributed by atoms with E-state index in [4.69, 9.17) is 4.74 Å². The molecule has 1 unspecified atom stereocenters. The number of carbonyl (C=O) groups excluding carboxylic acids is 1. The van der Waals surface area contributed by atoms with Gasteiger partial charge in [-0.05, 0) is 31.0 Å². The number of piperazine rings is 1.